The Balaban J connectivity index is 1.52. The summed E-state index contributed by atoms with van der Waals surface area (Å²) in [5.41, 5.74) is 1.00. The third-order valence-corrected chi connectivity index (χ3v) is 7.35. The van der Waals surface area contributed by atoms with Crippen molar-refractivity contribution in [2.75, 3.05) is 26.9 Å². The minimum atomic E-state index is -0.868. The topological polar surface area (TPSA) is 94.2 Å². The van der Waals surface area contributed by atoms with Crippen LogP contribution in [0, 0.1) is 17.8 Å². The second kappa shape index (κ2) is 11.4. The number of rotatable bonds is 13. The molecule has 4 atom stereocenters. The van der Waals surface area contributed by atoms with Crippen molar-refractivity contribution in [2.24, 2.45) is 17.8 Å². The van der Waals surface area contributed by atoms with Crippen molar-refractivity contribution in [3.63, 3.8) is 0 Å². The first-order chi connectivity index (χ1) is 17.3. The summed E-state index contributed by atoms with van der Waals surface area (Å²) in [4.78, 5) is 40.0. The summed E-state index contributed by atoms with van der Waals surface area (Å²) in [5.74, 6) is -0.259. The molecule has 0 radical (unpaired) electrons. The van der Waals surface area contributed by atoms with Crippen LogP contribution >= 0.6 is 0 Å². The lowest BCUT2D eigenvalue weighted by Crippen LogP contribution is -2.50. The van der Waals surface area contributed by atoms with Gasteiger partial charge in [-0.1, -0.05) is 49.4 Å². The van der Waals surface area contributed by atoms with Crippen LogP contribution in [0.4, 0.5) is 0 Å². The maximum absolute atomic E-state index is 13.6. The zero-order valence-electron chi connectivity index (χ0n) is 21.2. The van der Waals surface area contributed by atoms with E-state index < -0.39 is 17.6 Å². The molecule has 192 valence electrons. The molecule has 7 nitrogen and oxygen atoms in total. The van der Waals surface area contributed by atoms with Gasteiger partial charge in [0, 0.05) is 24.2 Å². The van der Waals surface area contributed by atoms with Gasteiger partial charge in [-0.3, -0.25) is 14.4 Å². The smallest absolute Gasteiger partial charge is 0.224 e. The molecule has 1 N–H and O–H groups in total. The number of nitrogens with one attached hydrogen (secondary N) is 1. The van der Waals surface area contributed by atoms with E-state index in [-0.39, 0.29) is 35.7 Å². The van der Waals surface area contributed by atoms with Crippen LogP contribution < -0.4 is 10.1 Å². The number of hydrogen-bond donors (Lipinski definition) is 1. The van der Waals surface area contributed by atoms with Gasteiger partial charge in [0.15, 0.2) is 5.78 Å². The van der Waals surface area contributed by atoms with Crippen molar-refractivity contribution in [1.82, 2.24) is 5.32 Å². The van der Waals surface area contributed by atoms with Gasteiger partial charge in [0.2, 0.25) is 5.91 Å². The largest absolute Gasteiger partial charge is 0.497 e. The molecule has 2 aromatic rings. The fourth-order valence-electron chi connectivity index (χ4n) is 4.51. The minimum Gasteiger partial charge on any atom is -0.497 e. The number of Topliss-reactive ketones (excluding diaryl/α,β-unsaturated/α-hetero) is 2. The van der Waals surface area contributed by atoms with Gasteiger partial charge in [0.05, 0.1) is 33.0 Å². The molecule has 1 amide bonds. The Morgan fingerprint density at radius 2 is 1.67 bits per heavy atom. The normalized spacial score (nSPS) is 21.5. The molecule has 4 rings (SSSR count). The Morgan fingerprint density at radius 3 is 2.22 bits per heavy atom. The lowest BCUT2D eigenvalue weighted by molar-refractivity contribution is -0.137. The van der Waals surface area contributed by atoms with Gasteiger partial charge in [-0.15, -0.1) is 0 Å². The van der Waals surface area contributed by atoms with Crippen molar-refractivity contribution in [1.29, 1.82) is 0 Å². The molecule has 2 aliphatic heterocycles. The van der Waals surface area contributed by atoms with E-state index in [0.29, 0.717) is 32.7 Å². The quantitative estimate of drug-likeness (QED) is 0.431. The molecule has 0 aromatic heterocycles. The number of ether oxygens (including phenoxy) is 3. The van der Waals surface area contributed by atoms with Gasteiger partial charge in [0.25, 0.3) is 0 Å². The van der Waals surface area contributed by atoms with Crippen LogP contribution in [0.5, 0.6) is 5.75 Å². The lowest BCUT2D eigenvalue weighted by Gasteiger charge is -2.31. The first-order valence-electron chi connectivity index (χ1n) is 12.5. The van der Waals surface area contributed by atoms with E-state index in [2.05, 4.69) is 5.32 Å². The van der Waals surface area contributed by atoms with Crippen molar-refractivity contribution >= 4 is 17.5 Å². The summed E-state index contributed by atoms with van der Waals surface area (Å²) in [6.45, 7) is 5.16. The van der Waals surface area contributed by atoms with Crippen molar-refractivity contribution in [3.8, 4) is 5.75 Å². The van der Waals surface area contributed by atoms with Crippen molar-refractivity contribution < 1.29 is 28.6 Å². The monoisotopic (exact) mass is 493 g/mol. The third kappa shape index (κ3) is 6.39. The number of hydrogen-bond acceptors (Lipinski definition) is 6. The van der Waals surface area contributed by atoms with Crippen LogP contribution in [0.3, 0.4) is 0 Å². The predicted molar refractivity (Wildman–Crippen MR) is 135 cm³/mol. The standard InChI is InChI=1S/C29H35NO6/c1-19(23-16-35-17-23)26(31)15-22(13-21-9-11-24(34-3)12-10-21)28(33)30-25(27(32)29(2)18-36-29)14-20-7-5-4-6-8-20/h4-12,19,22-23,25H,13-18H2,1-3H3,(H,30,33)/t19-,22+,25-,29+/m0/s1. The van der Waals surface area contributed by atoms with Crippen molar-refractivity contribution in [3.05, 3.63) is 65.7 Å². The number of carbonyl (C=O) groups excluding carboxylic acids is 3. The van der Waals surface area contributed by atoms with Crippen LogP contribution in [0.25, 0.3) is 0 Å². The Labute approximate surface area is 212 Å². The van der Waals surface area contributed by atoms with Crippen LogP contribution in [0.1, 0.15) is 31.4 Å². The number of ketones is 2. The maximum Gasteiger partial charge on any atom is 0.224 e. The summed E-state index contributed by atoms with van der Waals surface area (Å²) < 4.78 is 15.9. The highest BCUT2D eigenvalue weighted by Crippen LogP contribution is 2.30. The second-order valence-electron chi connectivity index (χ2n) is 10.1. The van der Waals surface area contributed by atoms with Gasteiger partial charge in [0.1, 0.15) is 17.1 Å². The van der Waals surface area contributed by atoms with E-state index in [1.807, 2.05) is 61.5 Å². The number of carbonyl (C=O) groups is 3. The molecular formula is C29H35NO6. The predicted octanol–water partition coefficient (Wildman–Crippen LogP) is 3.18. The third-order valence-electron chi connectivity index (χ3n) is 7.35. The first kappa shape index (κ1) is 26.0. The highest BCUT2D eigenvalue weighted by molar-refractivity contribution is 5.97. The second-order valence-corrected chi connectivity index (χ2v) is 10.1. The van der Waals surface area contributed by atoms with Crippen LogP contribution in [-0.4, -0.2) is 56.0 Å². The molecule has 2 aliphatic rings. The van der Waals surface area contributed by atoms with E-state index in [1.165, 1.54) is 0 Å². The Kier molecular flexibility index (Phi) is 8.21. The van der Waals surface area contributed by atoms with Gasteiger partial charge in [-0.25, -0.2) is 0 Å². The molecule has 36 heavy (non-hydrogen) atoms. The lowest BCUT2D eigenvalue weighted by atomic mass is 9.83. The summed E-state index contributed by atoms with van der Waals surface area (Å²) in [6.07, 6.45) is 0.856. The Bertz CT molecular complexity index is 1060. The summed E-state index contributed by atoms with van der Waals surface area (Å²) in [5, 5.41) is 2.99. The molecule has 0 spiro atoms. The summed E-state index contributed by atoms with van der Waals surface area (Å²) >= 11 is 0. The Hall–Kier alpha value is -3.03. The molecule has 0 unspecified atom stereocenters. The van der Waals surface area contributed by atoms with Gasteiger partial charge in [-0.2, -0.15) is 0 Å². The molecular weight excluding hydrogens is 458 g/mol. The highest BCUT2D eigenvalue weighted by Gasteiger charge is 2.50. The van der Waals surface area contributed by atoms with E-state index in [9.17, 15) is 14.4 Å². The van der Waals surface area contributed by atoms with Gasteiger partial charge >= 0.3 is 0 Å². The number of methoxy groups -OCH3 is 1. The molecule has 2 fully saturated rings. The molecule has 2 heterocycles. The fraction of sp³-hybridized carbons (Fsp3) is 0.483. The molecule has 0 saturated carbocycles. The van der Waals surface area contributed by atoms with Gasteiger partial charge < -0.3 is 19.5 Å². The number of benzene rings is 2. The average Bonchev–Trinajstić information content (AvgIpc) is 3.61. The minimum absolute atomic E-state index is 0.0420. The summed E-state index contributed by atoms with van der Waals surface area (Å²) in [7, 11) is 1.60. The average molecular weight is 494 g/mol. The zero-order chi connectivity index (χ0) is 25.7. The van der Waals surface area contributed by atoms with Gasteiger partial charge in [-0.05, 0) is 43.0 Å². The SMILES string of the molecule is COc1ccc(C[C@H](CC(=O)[C@@H](C)C2COC2)C(=O)N[C@@H](Cc2ccccc2)C(=O)[C@@]2(C)CO2)cc1. The summed E-state index contributed by atoms with van der Waals surface area (Å²) in [6, 6.07) is 16.3. The molecule has 7 heteroatoms. The fourth-order valence-corrected chi connectivity index (χ4v) is 4.51. The van der Waals surface area contributed by atoms with Crippen molar-refractivity contribution in [2.45, 2.75) is 44.8 Å². The zero-order valence-corrected chi connectivity index (χ0v) is 21.2. The molecule has 0 aliphatic carbocycles. The highest BCUT2D eigenvalue weighted by atomic mass is 16.6. The van der Waals surface area contributed by atoms with Crippen LogP contribution in [0.2, 0.25) is 0 Å². The van der Waals surface area contributed by atoms with E-state index in [1.54, 1.807) is 14.0 Å². The number of epoxide rings is 1. The Morgan fingerprint density at radius 1 is 1.03 bits per heavy atom. The van der Waals surface area contributed by atoms with E-state index >= 15 is 0 Å². The maximum atomic E-state index is 13.6. The molecule has 0 bridgehead atoms. The molecule has 2 saturated heterocycles. The first-order valence-corrected chi connectivity index (χ1v) is 12.5. The van der Waals surface area contributed by atoms with Crippen LogP contribution in [-0.2, 0) is 36.7 Å². The van der Waals surface area contributed by atoms with E-state index in [4.69, 9.17) is 14.2 Å². The molecule has 2 aromatic carbocycles. The number of amides is 1. The van der Waals surface area contributed by atoms with Crippen LogP contribution in [0.15, 0.2) is 54.6 Å². The van der Waals surface area contributed by atoms with E-state index in [0.717, 1.165) is 16.9 Å².